The van der Waals surface area contributed by atoms with Crippen LogP contribution >= 0.6 is 11.6 Å². The van der Waals surface area contributed by atoms with Gasteiger partial charge in [-0.3, -0.25) is 0 Å². The van der Waals surface area contributed by atoms with Crippen molar-refractivity contribution in [3.05, 3.63) is 29.3 Å². The molecule has 2 aromatic rings. The van der Waals surface area contributed by atoms with Crippen molar-refractivity contribution in [1.82, 2.24) is 9.55 Å². The normalized spacial score (nSPS) is 20.6. The Morgan fingerprint density at radius 1 is 1.40 bits per heavy atom. The standard InChI is InChI=1S/C16H18ClFN2/c1-10-6-14-13(7-12(10)18)19-15(8-17)20(14)9-16(4-5-16)11-2-3-11/h6-7,11H,2-5,8-9H2,1H3. The number of benzene rings is 1. The van der Waals surface area contributed by atoms with Crippen molar-refractivity contribution in [2.75, 3.05) is 0 Å². The van der Waals surface area contributed by atoms with Gasteiger partial charge in [-0.05, 0) is 55.6 Å². The Morgan fingerprint density at radius 2 is 2.15 bits per heavy atom. The minimum Gasteiger partial charge on any atom is -0.326 e. The Labute approximate surface area is 122 Å². The first-order valence-electron chi connectivity index (χ1n) is 7.34. The first kappa shape index (κ1) is 12.6. The van der Waals surface area contributed by atoms with E-state index in [0.717, 1.165) is 29.3 Å². The summed E-state index contributed by atoms with van der Waals surface area (Å²) >= 11 is 6.05. The molecule has 0 spiro atoms. The van der Waals surface area contributed by atoms with E-state index in [0.29, 0.717) is 16.9 Å². The van der Waals surface area contributed by atoms with Crippen molar-refractivity contribution in [3.63, 3.8) is 0 Å². The molecule has 4 heteroatoms. The van der Waals surface area contributed by atoms with Crippen LogP contribution in [-0.4, -0.2) is 9.55 Å². The van der Waals surface area contributed by atoms with E-state index >= 15 is 0 Å². The minimum atomic E-state index is -0.188. The molecule has 1 aromatic heterocycles. The van der Waals surface area contributed by atoms with Gasteiger partial charge >= 0.3 is 0 Å². The fourth-order valence-electron chi connectivity index (χ4n) is 3.45. The quantitative estimate of drug-likeness (QED) is 0.763. The molecule has 0 unspecified atom stereocenters. The van der Waals surface area contributed by atoms with Crippen molar-refractivity contribution in [1.29, 1.82) is 0 Å². The third kappa shape index (κ3) is 1.86. The summed E-state index contributed by atoms with van der Waals surface area (Å²) in [7, 11) is 0. The Morgan fingerprint density at radius 3 is 2.75 bits per heavy atom. The van der Waals surface area contributed by atoms with Crippen LogP contribution in [-0.2, 0) is 12.4 Å². The number of hydrogen-bond acceptors (Lipinski definition) is 1. The topological polar surface area (TPSA) is 17.8 Å². The Bertz CT molecular complexity index is 683. The van der Waals surface area contributed by atoms with E-state index in [2.05, 4.69) is 9.55 Å². The van der Waals surface area contributed by atoms with Gasteiger partial charge in [0.15, 0.2) is 0 Å². The number of halogens is 2. The van der Waals surface area contributed by atoms with Crippen LogP contribution in [0, 0.1) is 24.1 Å². The smallest absolute Gasteiger partial charge is 0.128 e. The molecule has 0 N–H and O–H groups in total. The maximum atomic E-state index is 13.7. The van der Waals surface area contributed by atoms with Crippen LogP contribution in [0.1, 0.15) is 37.1 Å². The predicted octanol–water partition coefficient (Wildman–Crippen LogP) is 4.41. The summed E-state index contributed by atoms with van der Waals surface area (Å²) in [6.45, 7) is 2.81. The van der Waals surface area contributed by atoms with E-state index in [9.17, 15) is 4.39 Å². The van der Waals surface area contributed by atoms with Crippen LogP contribution in [0.15, 0.2) is 12.1 Å². The molecule has 2 saturated carbocycles. The van der Waals surface area contributed by atoms with Gasteiger partial charge < -0.3 is 4.57 Å². The van der Waals surface area contributed by atoms with Gasteiger partial charge in [-0.15, -0.1) is 11.6 Å². The van der Waals surface area contributed by atoms with E-state index < -0.39 is 0 Å². The monoisotopic (exact) mass is 292 g/mol. The number of rotatable bonds is 4. The van der Waals surface area contributed by atoms with Crippen molar-refractivity contribution < 1.29 is 4.39 Å². The number of fused-ring (bicyclic) bond motifs is 1. The molecule has 4 rings (SSSR count). The molecule has 0 bridgehead atoms. The molecule has 0 aliphatic heterocycles. The molecular weight excluding hydrogens is 275 g/mol. The van der Waals surface area contributed by atoms with Crippen LogP contribution in [0.2, 0.25) is 0 Å². The highest BCUT2D eigenvalue weighted by molar-refractivity contribution is 6.16. The van der Waals surface area contributed by atoms with Gasteiger partial charge in [0, 0.05) is 12.6 Å². The van der Waals surface area contributed by atoms with Crippen molar-refractivity contribution >= 4 is 22.6 Å². The lowest BCUT2D eigenvalue weighted by molar-refractivity contribution is 0.371. The Kier molecular flexibility index (Phi) is 2.65. The molecule has 0 amide bonds. The lowest BCUT2D eigenvalue weighted by Gasteiger charge is -2.17. The molecule has 2 aliphatic carbocycles. The minimum absolute atomic E-state index is 0.188. The van der Waals surface area contributed by atoms with Gasteiger partial charge in [0.2, 0.25) is 0 Å². The van der Waals surface area contributed by atoms with Crippen LogP contribution in [0.3, 0.4) is 0 Å². The largest absolute Gasteiger partial charge is 0.326 e. The molecule has 2 fully saturated rings. The third-order valence-electron chi connectivity index (χ3n) is 5.04. The molecule has 2 nitrogen and oxygen atoms in total. The van der Waals surface area contributed by atoms with Crippen LogP contribution in [0.4, 0.5) is 4.39 Å². The summed E-state index contributed by atoms with van der Waals surface area (Å²) in [5, 5.41) is 0. The molecule has 1 aromatic carbocycles. The second-order valence-electron chi connectivity index (χ2n) is 6.47. The molecule has 20 heavy (non-hydrogen) atoms. The van der Waals surface area contributed by atoms with E-state index in [4.69, 9.17) is 11.6 Å². The fourth-order valence-corrected chi connectivity index (χ4v) is 3.65. The first-order valence-corrected chi connectivity index (χ1v) is 7.88. The zero-order chi connectivity index (χ0) is 13.9. The van der Waals surface area contributed by atoms with Crippen molar-refractivity contribution in [2.45, 2.75) is 45.0 Å². The SMILES string of the molecule is Cc1cc2c(cc1F)nc(CCl)n2CC1(C2CC2)CC1. The van der Waals surface area contributed by atoms with Gasteiger partial charge in [-0.2, -0.15) is 0 Å². The lowest BCUT2D eigenvalue weighted by atomic mass is 10.0. The summed E-state index contributed by atoms with van der Waals surface area (Å²) in [6, 6.07) is 3.45. The number of imidazole rings is 1. The fraction of sp³-hybridized carbons (Fsp3) is 0.562. The summed E-state index contributed by atoms with van der Waals surface area (Å²) < 4.78 is 15.9. The number of nitrogens with zero attached hydrogens (tertiary/aromatic N) is 2. The van der Waals surface area contributed by atoms with Crippen LogP contribution in [0.25, 0.3) is 11.0 Å². The number of alkyl halides is 1. The zero-order valence-corrected chi connectivity index (χ0v) is 12.4. The number of hydrogen-bond donors (Lipinski definition) is 0. The molecular formula is C16H18ClFN2. The predicted molar refractivity (Wildman–Crippen MR) is 78.4 cm³/mol. The molecule has 0 radical (unpaired) electrons. The molecule has 0 saturated heterocycles. The van der Waals surface area contributed by atoms with Crippen LogP contribution < -0.4 is 0 Å². The van der Waals surface area contributed by atoms with E-state index in [-0.39, 0.29) is 5.82 Å². The average Bonchev–Trinajstić information content (AvgIpc) is 3.30. The zero-order valence-electron chi connectivity index (χ0n) is 11.6. The van der Waals surface area contributed by atoms with Gasteiger partial charge in [0.25, 0.3) is 0 Å². The van der Waals surface area contributed by atoms with Crippen molar-refractivity contribution in [3.8, 4) is 0 Å². The Balaban J connectivity index is 1.81. The van der Waals surface area contributed by atoms with E-state index in [1.54, 1.807) is 6.92 Å². The van der Waals surface area contributed by atoms with Gasteiger partial charge in [-0.25, -0.2) is 9.37 Å². The molecule has 106 valence electrons. The maximum Gasteiger partial charge on any atom is 0.128 e. The number of aromatic nitrogens is 2. The highest BCUT2D eigenvalue weighted by Crippen LogP contribution is 2.62. The first-order chi connectivity index (χ1) is 9.63. The molecule has 2 aliphatic rings. The maximum absolute atomic E-state index is 13.7. The van der Waals surface area contributed by atoms with E-state index in [1.165, 1.54) is 31.7 Å². The Hall–Kier alpha value is -1.09. The van der Waals surface area contributed by atoms with Gasteiger partial charge in [0.1, 0.15) is 11.6 Å². The third-order valence-corrected chi connectivity index (χ3v) is 5.27. The summed E-state index contributed by atoms with van der Waals surface area (Å²) in [5.74, 6) is 1.96. The highest BCUT2D eigenvalue weighted by Gasteiger charge is 2.54. The summed E-state index contributed by atoms with van der Waals surface area (Å²) in [6.07, 6.45) is 5.38. The number of aryl methyl sites for hydroxylation is 1. The summed E-state index contributed by atoms with van der Waals surface area (Å²) in [5.41, 5.74) is 2.93. The molecule has 1 heterocycles. The second-order valence-corrected chi connectivity index (χ2v) is 6.74. The van der Waals surface area contributed by atoms with Gasteiger partial charge in [0.05, 0.1) is 16.9 Å². The molecule has 0 atom stereocenters. The van der Waals surface area contributed by atoms with Crippen molar-refractivity contribution in [2.24, 2.45) is 11.3 Å². The highest BCUT2D eigenvalue weighted by atomic mass is 35.5. The average molecular weight is 293 g/mol. The van der Waals surface area contributed by atoms with Crippen LogP contribution in [0.5, 0.6) is 0 Å². The van der Waals surface area contributed by atoms with Gasteiger partial charge in [-0.1, -0.05) is 0 Å². The van der Waals surface area contributed by atoms with E-state index in [1.807, 2.05) is 6.07 Å². The summed E-state index contributed by atoms with van der Waals surface area (Å²) in [4.78, 5) is 4.52. The second kappa shape index (κ2) is 4.20. The lowest BCUT2D eigenvalue weighted by Crippen LogP contribution is -2.15.